The third kappa shape index (κ3) is 3.94. The van der Waals surface area contributed by atoms with Crippen molar-refractivity contribution in [2.75, 3.05) is 0 Å². The highest BCUT2D eigenvalue weighted by Gasteiger charge is 2.26. The Morgan fingerprint density at radius 2 is 2.10 bits per heavy atom. The van der Waals surface area contributed by atoms with Gasteiger partial charge >= 0.3 is 0 Å². The summed E-state index contributed by atoms with van der Waals surface area (Å²) in [5.41, 5.74) is 1.28. The van der Waals surface area contributed by atoms with Crippen molar-refractivity contribution in [1.82, 2.24) is 14.7 Å². The van der Waals surface area contributed by atoms with E-state index in [2.05, 4.69) is 55.4 Å². The normalized spacial score (nSPS) is 22.6. The van der Waals surface area contributed by atoms with Crippen LogP contribution in [0.1, 0.15) is 44.7 Å². The molecule has 0 aliphatic carbocycles. The molecule has 0 radical (unpaired) electrons. The highest BCUT2D eigenvalue weighted by Crippen LogP contribution is 2.25. The predicted octanol–water partition coefficient (Wildman–Crippen LogP) is 4.12. The van der Waals surface area contributed by atoms with Gasteiger partial charge in [0.2, 0.25) is 0 Å². The molecule has 114 valence electrons. The van der Waals surface area contributed by atoms with E-state index in [9.17, 15) is 0 Å². The first-order valence-electron chi connectivity index (χ1n) is 7.83. The molecule has 2 heterocycles. The second kappa shape index (κ2) is 7.41. The Hall–Kier alpha value is -1.61. The number of aromatic nitrogens is 2. The highest BCUT2D eigenvalue weighted by molar-refractivity contribution is 5.11. The molecular formula is C18H27N3. The molecule has 0 aromatic carbocycles. The zero-order valence-electron chi connectivity index (χ0n) is 13.3. The maximum Gasteiger partial charge on any atom is 0.0534 e. The fraction of sp³-hybridized carbons (Fsp3) is 0.500. The molecule has 2 atom stereocenters. The number of hydrogen-bond acceptors (Lipinski definition) is 2. The second-order valence-corrected chi connectivity index (χ2v) is 6.03. The molecular weight excluding hydrogens is 258 g/mol. The molecule has 0 saturated carbocycles. The molecule has 0 spiro atoms. The van der Waals surface area contributed by atoms with Crippen LogP contribution in [0.4, 0.5) is 0 Å². The molecule has 0 bridgehead atoms. The summed E-state index contributed by atoms with van der Waals surface area (Å²) in [5, 5.41) is 4.45. The van der Waals surface area contributed by atoms with Crippen molar-refractivity contribution in [2.45, 2.75) is 57.8 Å². The van der Waals surface area contributed by atoms with Gasteiger partial charge in [0.05, 0.1) is 6.20 Å². The Morgan fingerprint density at radius 3 is 2.71 bits per heavy atom. The molecule has 1 aliphatic rings. The van der Waals surface area contributed by atoms with Gasteiger partial charge < -0.3 is 0 Å². The van der Waals surface area contributed by atoms with Crippen molar-refractivity contribution in [2.24, 2.45) is 0 Å². The molecule has 0 fully saturated rings. The molecule has 0 saturated heterocycles. The van der Waals surface area contributed by atoms with Gasteiger partial charge in [-0.05, 0) is 33.1 Å². The Morgan fingerprint density at radius 1 is 1.33 bits per heavy atom. The van der Waals surface area contributed by atoms with Crippen LogP contribution >= 0.6 is 0 Å². The molecule has 2 rings (SSSR count). The number of hydrogen-bond donors (Lipinski definition) is 0. The summed E-state index contributed by atoms with van der Waals surface area (Å²) in [6, 6.07) is 1.37. The van der Waals surface area contributed by atoms with E-state index in [0.717, 1.165) is 25.8 Å². The minimum absolute atomic E-state index is 0.410. The molecule has 1 aliphatic heterocycles. The summed E-state index contributed by atoms with van der Waals surface area (Å²) in [6.45, 7) is 13.1. The molecule has 1 aromatic heterocycles. The summed E-state index contributed by atoms with van der Waals surface area (Å²) >= 11 is 0. The van der Waals surface area contributed by atoms with Gasteiger partial charge in [-0.15, -0.1) is 13.2 Å². The van der Waals surface area contributed by atoms with Crippen LogP contribution in [0.15, 0.2) is 49.9 Å². The van der Waals surface area contributed by atoms with Gasteiger partial charge in [0.15, 0.2) is 0 Å². The first-order valence-corrected chi connectivity index (χ1v) is 7.83. The summed E-state index contributed by atoms with van der Waals surface area (Å²) < 4.78 is 2.03. The average molecular weight is 285 g/mol. The summed E-state index contributed by atoms with van der Waals surface area (Å²) in [7, 11) is 0. The van der Waals surface area contributed by atoms with Gasteiger partial charge in [-0.25, -0.2) is 0 Å². The standard InChI is InChI=1S/C18H27N3/c1-5-8-17-10-7-11-18(9-6-2)20(17)13-16-12-19-21(14-16)15(3)4/h5-7,10,12,14-15,17-18H,1-2,8-9,11,13H2,3-4H3/t17-,18-/m1/s1. The van der Waals surface area contributed by atoms with Gasteiger partial charge in [0.25, 0.3) is 0 Å². The van der Waals surface area contributed by atoms with Crippen molar-refractivity contribution in [3.63, 3.8) is 0 Å². The van der Waals surface area contributed by atoms with Crippen LogP contribution in [-0.4, -0.2) is 26.8 Å². The highest BCUT2D eigenvalue weighted by atomic mass is 15.3. The van der Waals surface area contributed by atoms with Crippen LogP contribution in [0.3, 0.4) is 0 Å². The largest absolute Gasteiger partial charge is 0.289 e. The zero-order valence-corrected chi connectivity index (χ0v) is 13.3. The maximum atomic E-state index is 4.45. The minimum Gasteiger partial charge on any atom is -0.289 e. The van der Waals surface area contributed by atoms with Gasteiger partial charge in [-0.2, -0.15) is 5.10 Å². The lowest BCUT2D eigenvalue weighted by molar-refractivity contribution is 0.142. The summed E-state index contributed by atoms with van der Waals surface area (Å²) in [5.74, 6) is 0. The van der Waals surface area contributed by atoms with Crippen molar-refractivity contribution in [3.05, 3.63) is 55.4 Å². The lowest BCUT2D eigenvalue weighted by Gasteiger charge is -2.38. The van der Waals surface area contributed by atoms with Crippen LogP contribution < -0.4 is 0 Å². The molecule has 0 unspecified atom stereocenters. The molecule has 21 heavy (non-hydrogen) atoms. The molecule has 3 heteroatoms. The minimum atomic E-state index is 0.410. The zero-order chi connectivity index (χ0) is 15.2. The van der Waals surface area contributed by atoms with E-state index >= 15 is 0 Å². The lowest BCUT2D eigenvalue weighted by atomic mass is 9.97. The fourth-order valence-corrected chi connectivity index (χ4v) is 2.92. The molecule has 0 amide bonds. The quantitative estimate of drug-likeness (QED) is 0.703. The topological polar surface area (TPSA) is 21.1 Å². The van der Waals surface area contributed by atoms with E-state index in [1.54, 1.807) is 0 Å². The molecule has 1 aromatic rings. The van der Waals surface area contributed by atoms with Crippen molar-refractivity contribution in [1.29, 1.82) is 0 Å². The van der Waals surface area contributed by atoms with Crippen LogP contribution in [0.25, 0.3) is 0 Å². The van der Waals surface area contributed by atoms with Crippen LogP contribution in [0.5, 0.6) is 0 Å². The Bertz CT molecular complexity index is 498. The van der Waals surface area contributed by atoms with E-state index in [-0.39, 0.29) is 0 Å². The summed E-state index contributed by atoms with van der Waals surface area (Å²) in [4.78, 5) is 2.56. The van der Waals surface area contributed by atoms with Crippen molar-refractivity contribution < 1.29 is 0 Å². The first-order chi connectivity index (χ1) is 10.2. The maximum absolute atomic E-state index is 4.45. The van der Waals surface area contributed by atoms with Gasteiger partial charge in [0, 0.05) is 36.4 Å². The smallest absolute Gasteiger partial charge is 0.0534 e. The van der Waals surface area contributed by atoms with Crippen molar-refractivity contribution in [3.8, 4) is 0 Å². The van der Waals surface area contributed by atoms with Gasteiger partial charge in [-0.1, -0.05) is 24.3 Å². The van der Waals surface area contributed by atoms with Crippen LogP contribution in [0.2, 0.25) is 0 Å². The van der Waals surface area contributed by atoms with Crippen LogP contribution in [-0.2, 0) is 6.54 Å². The Labute approximate surface area is 128 Å². The molecule has 0 N–H and O–H groups in total. The first kappa shape index (κ1) is 15.8. The van der Waals surface area contributed by atoms with Crippen molar-refractivity contribution >= 4 is 0 Å². The van der Waals surface area contributed by atoms with Crippen LogP contribution in [0, 0.1) is 0 Å². The SMILES string of the molecule is C=CC[C@@H]1CC=C[C@@H](CC=C)N1Cc1cnn(C(C)C)c1. The fourth-order valence-electron chi connectivity index (χ4n) is 2.92. The number of nitrogens with zero attached hydrogens (tertiary/aromatic N) is 3. The van der Waals surface area contributed by atoms with E-state index < -0.39 is 0 Å². The average Bonchev–Trinajstić information content (AvgIpc) is 2.92. The third-order valence-corrected chi connectivity index (χ3v) is 4.06. The van der Waals surface area contributed by atoms with E-state index in [1.165, 1.54) is 5.56 Å². The van der Waals surface area contributed by atoms with Gasteiger partial charge in [0.1, 0.15) is 0 Å². The lowest BCUT2D eigenvalue weighted by Crippen LogP contribution is -2.43. The van der Waals surface area contributed by atoms with Gasteiger partial charge in [-0.3, -0.25) is 9.58 Å². The second-order valence-electron chi connectivity index (χ2n) is 6.03. The monoisotopic (exact) mass is 285 g/mol. The Balaban J connectivity index is 2.15. The van der Waals surface area contributed by atoms with E-state index in [1.807, 2.05) is 23.0 Å². The molecule has 3 nitrogen and oxygen atoms in total. The van der Waals surface area contributed by atoms with E-state index in [0.29, 0.717) is 18.1 Å². The Kier molecular flexibility index (Phi) is 5.57. The summed E-state index contributed by atoms with van der Waals surface area (Å²) in [6.07, 6.45) is 15.9. The van der Waals surface area contributed by atoms with E-state index in [4.69, 9.17) is 0 Å². The predicted molar refractivity (Wildman–Crippen MR) is 89.1 cm³/mol. The third-order valence-electron chi connectivity index (χ3n) is 4.06. The number of rotatable bonds is 7.